The summed E-state index contributed by atoms with van der Waals surface area (Å²) >= 11 is 1.73. The first-order valence-corrected chi connectivity index (χ1v) is 9.39. The fraction of sp³-hybridized carbons (Fsp3) is 0.350. The lowest BCUT2D eigenvalue weighted by Gasteiger charge is -2.17. The molecular weight excluding hydrogens is 334 g/mol. The van der Waals surface area contributed by atoms with Crippen molar-refractivity contribution in [2.24, 2.45) is 0 Å². The van der Waals surface area contributed by atoms with E-state index in [1.54, 1.807) is 24.9 Å². The van der Waals surface area contributed by atoms with E-state index in [-0.39, 0.29) is 5.91 Å². The Hall–Kier alpha value is -2.14. The van der Waals surface area contributed by atoms with Gasteiger partial charge in [0.25, 0.3) is 5.91 Å². The van der Waals surface area contributed by atoms with E-state index in [0.717, 1.165) is 5.75 Å². The van der Waals surface area contributed by atoms with Gasteiger partial charge in [-0.25, -0.2) is 0 Å². The summed E-state index contributed by atoms with van der Waals surface area (Å²) in [6.45, 7) is 4.61. The predicted octanol–water partition coefficient (Wildman–Crippen LogP) is 4.07. The number of benzene rings is 2. The fourth-order valence-electron chi connectivity index (χ4n) is 2.25. The third-order valence-corrected chi connectivity index (χ3v) is 4.69. The summed E-state index contributed by atoms with van der Waals surface area (Å²) in [5.41, 5.74) is 1.25. The lowest BCUT2D eigenvalue weighted by molar-refractivity contribution is -0.127. The molecule has 2 aromatic carbocycles. The van der Waals surface area contributed by atoms with Gasteiger partial charge in [-0.2, -0.15) is 0 Å². The van der Waals surface area contributed by atoms with Crippen molar-refractivity contribution in [2.75, 3.05) is 19.4 Å². The van der Waals surface area contributed by atoms with E-state index in [9.17, 15) is 4.79 Å². The van der Waals surface area contributed by atoms with Crippen LogP contribution in [0.2, 0.25) is 0 Å². The summed E-state index contributed by atoms with van der Waals surface area (Å²) in [7, 11) is 1.61. The molecule has 2 aromatic rings. The molecule has 0 aliphatic rings. The molecule has 0 aliphatic heterocycles. The summed E-state index contributed by atoms with van der Waals surface area (Å²) in [5, 5.41) is 2.95. The summed E-state index contributed by atoms with van der Waals surface area (Å²) in [5.74, 6) is 2.08. The molecule has 1 amide bonds. The largest absolute Gasteiger partial charge is 0.497 e. The first-order valence-electron chi connectivity index (χ1n) is 8.40. The number of ether oxygens (including phenoxy) is 2. The van der Waals surface area contributed by atoms with Crippen molar-refractivity contribution in [1.29, 1.82) is 0 Å². The Morgan fingerprint density at radius 3 is 2.56 bits per heavy atom. The number of rotatable bonds is 9. The van der Waals surface area contributed by atoms with Gasteiger partial charge < -0.3 is 14.8 Å². The number of aryl methyl sites for hydroxylation is 1. The van der Waals surface area contributed by atoms with Gasteiger partial charge in [-0.3, -0.25) is 4.79 Å². The summed E-state index contributed by atoms with van der Waals surface area (Å²) < 4.78 is 11.0. The van der Waals surface area contributed by atoms with E-state index in [1.165, 1.54) is 10.5 Å². The maximum absolute atomic E-state index is 12.3. The van der Waals surface area contributed by atoms with Gasteiger partial charge in [0.05, 0.1) is 7.11 Å². The van der Waals surface area contributed by atoms with Crippen molar-refractivity contribution >= 4 is 17.7 Å². The van der Waals surface area contributed by atoms with Crippen molar-refractivity contribution in [3.63, 3.8) is 0 Å². The number of amides is 1. The highest BCUT2D eigenvalue weighted by Gasteiger charge is 2.18. The molecule has 4 nitrogen and oxygen atoms in total. The molecule has 134 valence electrons. The van der Waals surface area contributed by atoms with Crippen LogP contribution < -0.4 is 14.8 Å². The van der Waals surface area contributed by atoms with Crippen LogP contribution in [0.5, 0.6) is 11.5 Å². The van der Waals surface area contributed by atoms with Crippen molar-refractivity contribution in [2.45, 2.75) is 31.3 Å². The monoisotopic (exact) mass is 359 g/mol. The third kappa shape index (κ3) is 6.35. The number of carbonyl (C=O) groups excluding carboxylic acids is 1. The highest BCUT2D eigenvalue weighted by atomic mass is 32.2. The summed E-state index contributed by atoms with van der Waals surface area (Å²) in [4.78, 5) is 13.5. The van der Waals surface area contributed by atoms with Gasteiger partial charge in [0.2, 0.25) is 0 Å². The molecule has 0 bridgehead atoms. The standard InChI is InChI=1S/C20H25NO3S/c1-4-19(24-17-7-5-6-16(14-17)23-3)20(22)21-12-13-25-18-10-8-15(2)9-11-18/h5-11,14,19H,4,12-13H2,1-3H3,(H,21,22). The van der Waals surface area contributed by atoms with Crippen molar-refractivity contribution in [1.82, 2.24) is 5.32 Å². The van der Waals surface area contributed by atoms with Crippen LogP contribution in [0.25, 0.3) is 0 Å². The summed E-state index contributed by atoms with van der Waals surface area (Å²) in [6.07, 6.45) is 0.102. The fourth-order valence-corrected chi connectivity index (χ4v) is 3.02. The molecule has 0 spiro atoms. The van der Waals surface area contributed by atoms with Gasteiger partial charge in [0.15, 0.2) is 6.10 Å². The maximum Gasteiger partial charge on any atom is 0.261 e. The molecule has 0 radical (unpaired) electrons. The van der Waals surface area contributed by atoms with E-state index >= 15 is 0 Å². The number of carbonyl (C=O) groups is 1. The van der Waals surface area contributed by atoms with Gasteiger partial charge in [-0.15, -0.1) is 11.8 Å². The molecule has 0 saturated carbocycles. The number of methoxy groups -OCH3 is 1. The van der Waals surface area contributed by atoms with Gasteiger partial charge in [0.1, 0.15) is 11.5 Å². The number of nitrogens with one attached hydrogen (secondary N) is 1. The number of hydrogen-bond acceptors (Lipinski definition) is 4. The molecule has 1 unspecified atom stereocenters. The molecule has 0 aliphatic carbocycles. The number of hydrogen-bond donors (Lipinski definition) is 1. The first-order chi connectivity index (χ1) is 12.1. The van der Waals surface area contributed by atoms with Crippen LogP contribution >= 0.6 is 11.8 Å². The Kier molecular flexibility index (Phi) is 7.67. The third-order valence-electron chi connectivity index (χ3n) is 3.67. The van der Waals surface area contributed by atoms with Gasteiger partial charge in [-0.05, 0) is 37.6 Å². The van der Waals surface area contributed by atoms with E-state index < -0.39 is 6.10 Å². The van der Waals surface area contributed by atoms with Crippen molar-refractivity contribution in [3.05, 3.63) is 54.1 Å². The zero-order valence-electron chi connectivity index (χ0n) is 15.0. The minimum atomic E-state index is -0.503. The molecule has 0 fully saturated rings. The second-order valence-electron chi connectivity index (χ2n) is 5.65. The zero-order valence-corrected chi connectivity index (χ0v) is 15.8. The molecule has 25 heavy (non-hydrogen) atoms. The molecule has 0 saturated heterocycles. The predicted molar refractivity (Wildman–Crippen MR) is 103 cm³/mol. The van der Waals surface area contributed by atoms with Crippen LogP contribution in [0.3, 0.4) is 0 Å². The van der Waals surface area contributed by atoms with Crippen LogP contribution in [0.1, 0.15) is 18.9 Å². The van der Waals surface area contributed by atoms with Crippen LogP contribution in [-0.4, -0.2) is 31.4 Å². The van der Waals surface area contributed by atoms with Crippen molar-refractivity contribution < 1.29 is 14.3 Å². The van der Waals surface area contributed by atoms with Crippen LogP contribution in [0, 0.1) is 6.92 Å². The van der Waals surface area contributed by atoms with Crippen LogP contribution in [0.4, 0.5) is 0 Å². The topological polar surface area (TPSA) is 47.6 Å². The maximum atomic E-state index is 12.3. The van der Waals surface area contributed by atoms with E-state index in [2.05, 4.69) is 36.5 Å². The van der Waals surface area contributed by atoms with Crippen LogP contribution in [-0.2, 0) is 4.79 Å². The first kappa shape index (κ1) is 19.2. The average Bonchev–Trinajstić information content (AvgIpc) is 2.64. The lowest BCUT2D eigenvalue weighted by atomic mass is 10.2. The Morgan fingerprint density at radius 1 is 1.16 bits per heavy atom. The Balaban J connectivity index is 1.78. The van der Waals surface area contributed by atoms with Crippen LogP contribution in [0.15, 0.2) is 53.4 Å². The Bertz CT molecular complexity index is 673. The summed E-state index contributed by atoms with van der Waals surface area (Å²) in [6, 6.07) is 15.7. The SMILES string of the molecule is CCC(Oc1cccc(OC)c1)C(=O)NCCSc1ccc(C)cc1. The zero-order chi connectivity index (χ0) is 18.1. The highest BCUT2D eigenvalue weighted by molar-refractivity contribution is 7.99. The van der Waals surface area contributed by atoms with E-state index in [0.29, 0.717) is 24.5 Å². The van der Waals surface area contributed by atoms with Gasteiger partial charge in [0, 0.05) is 23.3 Å². The molecule has 2 rings (SSSR count). The Labute approximate surface area is 153 Å². The lowest BCUT2D eigenvalue weighted by Crippen LogP contribution is -2.39. The van der Waals surface area contributed by atoms with E-state index in [1.807, 2.05) is 25.1 Å². The molecular formula is C20H25NO3S. The number of thioether (sulfide) groups is 1. The van der Waals surface area contributed by atoms with Gasteiger partial charge in [-0.1, -0.05) is 30.7 Å². The Morgan fingerprint density at radius 2 is 1.88 bits per heavy atom. The molecule has 5 heteroatoms. The minimum absolute atomic E-state index is 0.0881. The molecule has 1 N–H and O–H groups in total. The molecule has 0 aromatic heterocycles. The molecule has 1 atom stereocenters. The van der Waals surface area contributed by atoms with E-state index in [4.69, 9.17) is 9.47 Å². The highest BCUT2D eigenvalue weighted by Crippen LogP contribution is 2.21. The second-order valence-corrected chi connectivity index (χ2v) is 6.81. The van der Waals surface area contributed by atoms with Crippen molar-refractivity contribution in [3.8, 4) is 11.5 Å². The smallest absolute Gasteiger partial charge is 0.261 e. The quantitative estimate of drug-likeness (QED) is 0.542. The minimum Gasteiger partial charge on any atom is -0.497 e. The normalized spacial score (nSPS) is 11.6. The average molecular weight is 359 g/mol. The second kappa shape index (κ2) is 9.99. The van der Waals surface area contributed by atoms with Gasteiger partial charge >= 0.3 is 0 Å². The molecule has 0 heterocycles.